The zero-order valence-corrected chi connectivity index (χ0v) is 24.4. The molecule has 0 atom stereocenters. The summed E-state index contributed by atoms with van der Waals surface area (Å²) in [4.78, 5) is 13.0. The molecule has 0 heterocycles. The number of hydrogen-bond acceptors (Lipinski definition) is 5. The van der Waals surface area contributed by atoms with E-state index in [2.05, 4.69) is 10.0 Å². The molecule has 0 radical (unpaired) electrons. The van der Waals surface area contributed by atoms with Crippen molar-refractivity contribution >= 4 is 54.6 Å². The number of carbonyl (C=O) groups excluding carboxylic acids is 1. The molecule has 208 valence electrons. The van der Waals surface area contributed by atoms with Crippen LogP contribution in [0.4, 0.5) is 17.1 Å². The smallest absolute Gasteiger partial charge is 0.264 e. The molecular weight excluding hydrogens is 570 g/mol. The number of benzene rings is 4. The van der Waals surface area contributed by atoms with Crippen molar-refractivity contribution in [3.63, 3.8) is 0 Å². The van der Waals surface area contributed by atoms with Gasteiger partial charge in [-0.05, 0) is 98.6 Å². The molecule has 11 heteroatoms. The van der Waals surface area contributed by atoms with Gasteiger partial charge in [0.2, 0.25) is 5.91 Å². The Morgan fingerprint density at radius 1 is 0.750 bits per heavy atom. The zero-order chi connectivity index (χ0) is 29.1. The Bertz CT molecular complexity index is 1740. The van der Waals surface area contributed by atoms with Crippen molar-refractivity contribution < 1.29 is 21.6 Å². The Hall–Kier alpha value is -3.86. The van der Waals surface area contributed by atoms with E-state index in [0.29, 0.717) is 22.1 Å². The summed E-state index contributed by atoms with van der Waals surface area (Å²) < 4.78 is 56.4. The fourth-order valence-electron chi connectivity index (χ4n) is 3.86. The minimum Gasteiger partial charge on any atom is -0.325 e. The molecule has 0 unspecified atom stereocenters. The van der Waals surface area contributed by atoms with Gasteiger partial charge in [-0.3, -0.25) is 13.8 Å². The highest BCUT2D eigenvalue weighted by atomic mass is 35.5. The van der Waals surface area contributed by atoms with Crippen LogP contribution in [-0.2, 0) is 24.8 Å². The first kappa shape index (κ1) is 29.1. The van der Waals surface area contributed by atoms with Crippen molar-refractivity contribution in [2.45, 2.75) is 30.6 Å². The highest BCUT2D eigenvalue weighted by molar-refractivity contribution is 7.93. The van der Waals surface area contributed by atoms with Crippen LogP contribution in [0.25, 0.3) is 0 Å². The average molecular weight is 598 g/mol. The zero-order valence-electron chi connectivity index (χ0n) is 22.1. The topological polar surface area (TPSA) is 113 Å². The van der Waals surface area contributed by atoms with E-state index in [-0.39, 0.29) is 9.79 Å². The van der Waals surface area contributed by atoms with Gasteiger partial charge in [-0.1, -0.05) is 41.4 Å². The van der Waals surface area contributed by atoms with Gasteiger partial charge in [0.1, 0.15) is 6.54 Å². The van der Waals surface area contributed by atoms with Crippen LogP contribution in [0.2, 0.25) is 5.02 Å². The van der Waals surface area contributed by atoms with Crippen molar-refractivity contribution in [2.24, 2.45) is 0 Å². The number of hydrogen-bond donors (Lipinski definition) is 2. The summed E-state index contributed by atoms with van der Waals surface area (Å²) in [6.07, 6.45) is 0. The second-order valence-electron chi connectivity index (χ2n) is 9.30. The van der Waals surface area contributed by atoms with Gasteiger partial charge >= 0.3 is 0 Å². The molecule has 0 aliphatic heterocycles. The third kappa shape index (κ3) is 6.82. The van der Waals surface area contributed by atoms with Crippen molar-refractivity contribution in [2.75, 3.05) is 20.9 Å². The number of rotatable bonds is 9. The molecule has 0 fully saturated rings. The molecule has 4 aromatic carbocycles. The predicted octanol–water partition coefficient (Wildman–Crippen LogP) is 5.90. The summed E-state index contributed by atoms with van der Waals surface area (Å²) in [5.74, 6) is -0.609. The molecule has 40 heavy (non-hydrogen) atoms. The summed E-state index contributed by atoms with van der Waals surface area (Å²) in [5.41, 5.74) is 3.73. The van der Waals surface area contributed by atoms with Gasteiger partial charge in [0, 0.05) is 10.7 Å². The van der Waals surface area contributed by atoms with E-state index < -0.39 is 32.5 Å². The van der Waals surface area contributed by atoms with Crippen LogP contribution >= 0.6 is 11.6 Å². The van der Waals surface area contributed by atoms with E-state index >= 15 is 0 Å². The lowest BCUT2D eigenvalue weighted by molar-refractivity contribution is -0.114. The normalized spacial score (nSPS) is 11.6. The number of nitrogens with one attached hydrogen (secondary N) is 2. The van der Waals surface area contributed by atoms with Crippen molar-refractivity contribution in [3.8, 4) is 0 Å². The van der Waals surface area contributed by atoms with E-state index in [0.717, 1.165) is 21.0 Å². The van der Waals surface area contributed by atoms with Gasteiger partial charge in [0.05, 0.1) is 21.2 Å². The fourth-order valence-corrected chi connectivity index (χ4v) is 6.53. The minimum absolute atomic E-state index is 0.0120. The summed E-state index contributed by atoms with van der Waals surface area (Å²) in [6, 6.07) is 23.5. The second kappa shape index (κ2) is 11.7. The Labute approximate surface area is 239 Å². The lowest BCUT2D eigenvalue weighted by Crippen LogP contribution is -2.38. The van der Waals surface area contributed by atoms with Crippen LogP contribution < -0.4 is 14.3 Å². The minimum atomic E-state index is -4.11. The van der Waals surface area contributed by atoms with Gasteiger partial charge in [0.15, 0.2) is 0 Å². The first-order chi connectivity index (χ1) is 18.8. The lowest BCUT2D eigenvalue weighted by Gasteiger charge is -2.24. The van der Waals surface area contributed by atoms with Gasteiger partial charge in [-0.25, -0.2) is 16.8 Å². The largest absolute Gasteiger partial charge is 0.325 e. The monoisotopic (exact) mass is 597 g/mol. The summed E-state index contributed by atoms with van der Waals surface area (Å²) in [5, 5.41) is 3.03. The number of halogens is 1. The molecule has 0 aliphatic carbocycles. The first-order valence-electron chi connectivity index (χ1n) is 12.2. The highest BCUT2D eigenvalue weighted by Gasteiger charge is 2.27. The Kier molecular flexibility index (Phi) is 8.53. The number of sulfonamides is 2. The maximum atomic E-state index is 13.5. The number of amides is 1. The maximum absolute atomic E-state index is 13.5. The molecule has 1 amide bonds. The molecule has 4 rings (SSSR count). The highest BCUT2D eigenvalue weighted by Crippen LogP contribution is 2.26. The van der Waals surface area contributed by atoms with Crippen molar-refractivity contribution in [1.82, 2.24) is 0 Å². The van der Waals surface area contributed by atoms with Gasteiger partial charge in [-0.15, -0.1) is 0 Å². The molecule has 0 aliphatic rings. The lowest BCUT2D eigenvalue weighted by atomic mass is 10.1. The van der Waals surface area contributed by atoms with Crippen molar-refractivity contribution in [1.29, 1.82) is 0 Å². The number of carbonyl (C=O) groups is 1. The molecular formula is C29H28ClN3O5S2. The standard InChI is InChI=1S/C29H28ClN3O5S2/c1-20-5-12-25(13-6-20)33(40(37,38)27-14-8-23(30)9-15-27)19-29(34)31-24-10-16-26(17-11-24)39(35,36)32-28-18-21(2)4-7-22(28)3/h4-18,32H,19H2,1-3H3,(H,31,34). The van der Waals surface area contributed by atoms with Gasteiger partial charge in [-0.2, -0.15) is 0 Å². The molecule has 0 saturated heterocycles. The number of anilines is 3. The molecule has 0 spiro atoms. The molecule has 2 N–H and O–H groups in total. The van der Waals surface area contributed by atoms with E-state index in [4.69, 9.17) is 11.6 Å². The van der Waals surface area contributed by atoms with Crippen LogP contribution in [0.15, 0.2) is 101 Å². The quantitative estimate of drug-likeness (QED) is 0.249. The first-order valence-corrected chi connectivity index (χ1v) is 15.5. The second-order valence-corrected chi connectivity index (χ2v) is 13.3. The Morgan fingerprint density at radius 2 is 1.32 bits per heavy atom. The average Bonchev–Trinajstić information content (AvgIpc) is 2.90. The molecule has 0 bridgehead atoms. The van der Waals surface area contributed by atoms with E-state index in [9.17, 15) is 21.6 Å². The van der Waals surface area contributed by atoms with Crippen LogP contribution in [-0.4, -0.2) is 29.3 Å². The van der Waals surface area contributed by atoms with Crippen LogP contribution in [0, 0.1) is 20.8 Å². The molecule has 0 saturated carbocycles. The van der Waals surface area contributed by atoms with E-state index in [1.54, 1.807) is 30.3 Å². The van der Waals surface area contributed by atoms with Gasteiger partial charge in [0.25, 0.3) is 20.0 Å². The maximum Gasteiger partial charge on any atom is 0.264 e. The van der Waals surface area contributed by atoms with E-state index in [1.165, 1.54) is 48.5 Å². The predicted molar refractivity (Wildman–Crippen MR) is 159 cm³/mol. The van der Waals surface area contributed by atoms with Crippen LogP contribution in [0.5, 0.6) is 0 Å². The van der Waals surface area contributed by atoms with Gasteiger partial charge < -0.3 is 5.32 Å². The number of aryl methyl sites for hydroxylation is 3. The van der Waals surface area contributed by atoms with Crippen LogP contribution in [0.3, 0.4) is 0 Å². The molecule has 4 aromatic rings. The SMILES string of the molecule is Cc1ccc(N(CC(=O)Nc2ccc(S(=O)(=O)Nc3cc(C)ccc3C)cc2)S(=O)(=O)c2ccc(Cl)cc2)cc1. The number of nitrogens with zero attached hydrogens (tertiary/aromatic N) is 1. The van der Waals surface area contributed by atoms with E-state index in [1.807, 2.05) is 32.9 Å². The summed E-state index contributed by atoms with van der Waals surface area (Å²) in [6.45, 7) is 5.04. The Balaban J connectivity index is 1.53. The molecule has 0 aromatic heterocycles. The summed E-state index contributed by atoms with van der Waals surface area (Å²) >= 11 is 5.93. The summed E-state index contributed by atoms with van der Waals surface area (Å²) in [7, 11) is -7.98. The third-order valence-corrected chi connectivity index (χ3v) is 9.52. The van der Waals surface area contributed by atoms with Crippen LogP contribution in [0.1, 0.15) is 16.7 Å². The molecule has 8 nitrogen and oxygen atoms in total. The Morgan fingerprint density at radius 3 is 1.95 bits per heavy atom. The fraction of sp³-hybridized carbons (Fsp3) is 0.138. The third-order valence-electron chi connectivity index (χ3n) is 6.10. The van der Waals surface area contributed by atoms with Crippen molar-refractivity contribution in [3.05, 3.63) is 113 Å².